The molecule has 2 unspecified atom stereocenters. The topological polar surface area (TPSA) is 32.3 Å². The number of carbonyl (C=O) groups excluding carboxylic acids is 1. The van der Waals surface area contributed by atoms with E-state index in [-0.39, 0.29) is 5.54 Å². The van der Waals surface area contributed by atoms with Crippen LogP contribution in [0, 0.1) is 5.92 Å². The number of nitrogens with one attached hydrogen (secondary N) is 1. The van der Waals surface area contributed by atoms with E-state index in [1.54, 1.807) is 0 Å². The SMILES string of the molecule is O=C1N(C2CCCSC2)C(C2CCCC2)NC12CC2. The van der Waals surface area contributed by atoms with Crippen LogP contribution in [0.15, 0.2) is 0 Å². The quantitative estimate of drug-likeness (QED) is 0.843. The minimum absolute atomic E-state index is 0.116. The van der Waals surface area contributed by atoms with E-state index in [0.717, 1.165) is 24.5 Å². The van der Waals surface area contributed by atoms with Gasteiger partial charge in [0.05, 0.1) is 11.7 Å². The Morgan fingerprint density at radius 2 is 1.95 bits per heavy atom. The molecule has 19 heavy (non-hydrogen) atoms. The minimum Gasteiger partial charge on any atom is -0.321 e. The molecule has 4 fully saturated rings. The van der Waals surface area contributed by atoms with Crippen molar-refractivity contribution >= 4 is 17.7 Å². The molecule has 1 N–H and O–H groups in total. The average molecular weight is 280 g/mol. The van der Waals surface area contributed by atoms with Gasteiger partial charge in [-0.05, 0) is 50.2 Å². The maximum atomic E-state index is 12.8. The third-order valence-corrected chi connectivity index (χ3v) is 6.69. The molecular weight excluding hydrogens is 256 g/mol. The maximum Gasteiger partial charge on any atom is 0.244 e. The molecule has 2 saturated heterocycles. The van der Waals surface area contributed by atoms with Crippen molar-refractivity contribution in [3.05, 3.63) is 0 Å². The number of carbonyl (C=O) groups is 1. The second-order valence-corrected chi connectivity index (χ2v) is 7.95. The van der Waals surface area contributed by atoms with Gasteiger partial charge in [0.15, 0.2) is 0 Å². The Balaban J connectivity index is 1.58. The Bertz CT molecular complexity index is 370. The highest BCUT2D eigenvalue weighted by atomic mass is 32.2. The van der Waals surface area contributed by atoms with Crippen LogP contribution in [0.4, 0.5) is 0 Å². The summed E-state index contributed by atoms with van der Waals surface area (Å²) in [6, 6.07) is 0.504. The minimum atomic E-state index is -0.116. The molecule has 4 heteroatoms. The largest absolute Gasteiger partial charge is 0.321 e. The van der Waals surface area contributed by atoms with Gasteiger partial charge >= 0.3 is 0 Å². The van der Waals surface area contributed by atoms with Gasteiger partial charge < -0.3 is 4.90 Å². The first-order valence-electron chi connectivity index (χ1n) is 7.98. The van der Waals surface area contributed by atoms with Gasteiger partial charge in [0.25, 0.3) is 0 Å². The summed E-state index contributed by atoms with van der Waals surface area (Å²) in [5.74, 6) is 3.60. The van der Waals surface area contributed by atoms with Gasteiger partial charge in [-0.3, -0.25) is 10.1 Å². The van der Waals surface area contributed by atoms with Crippen LogP contribution in [-0.2, 0) is 4.79 Å². The molecule has 3 nitrogen and oxygen atoms in total. The molecule has 4 aliphatic rings. The third kappa shape index (κ3) is 2.02. The van der Waals surface area contributed by atoms with Crippen molar-refractivity contribution in [2.24, 2.45) is 5.92 Å². The van der Waals surface area contributed by atoms with Gasteiger partial charge in [-0.25, -0.2) is 0 Å². The van der Waals surface area contributed by atoms with E-state index in [1.165, 1.54) is 44.3 Å². The number of hydrogen-bond acceptors (Lipinski definition) is 3. The lowest BCUT2D eigenvalue weighted by molar-refractivity contribution is -0.133. The van der Waals surface area contributed by atoms with Gasteiger partial charge in [0.1, 0.15) is 0 Å². The van der Waals surface area contributed by atoms with Gasteiger partial charge in [0, 0.05) is 11.8 Å². The number of hydrogen-bond donors (Lipinski definition) is 1. The van der Waals surface area contributed by atoms with E-state index in [9.17, 15) is 4.79 Å². The fourth-order valence-electron chi connectivity index (χ4n) is 4.23. The van der Waals surface area contributed by atoms with Crippen LogP contribution in [0.3, 0.4) is 0 Å². The summed E-state index contributed by atoms with van der Waals surface area (Å²) >= 11 is 2.04. The fraction of sp³-hybridized carbons (Fsp3) is 0.933. The Morgan fingerprint density at radius 1 is 1.16 bits per heavy atom. The Kier molecular flexibility index (Phi) is 3.07. The summed E-state index contributed by atoms with van der Waals surface area (Å²) < 4.78 is 0. The van der Waals surface area contributed by atoms with E-state index in [2.05, 4.69) is 10.2 Å². The van der Waals surface area contributed by atoms with Crippen molar-refractivity contribution in [1.82, 2.24) is 10.2 Å². The van der Waals surface area contributed by atoms with Gasteiger partial charge in [-0.15, -0.1) is 0 Å². The molecule has 2 saturated carbocycles. The highest BCUT2D eigenvalue weighted by Crippen LogP contribution is 2.47. The molecule has 106 valence electrons. The number of amides is 1. The highest BCUT2D eigenvalue weighted by molar-refractivity contribution is 7.99. The zero-order valence-corrected chi connectivity index (χ0v) is 12.4. The van der Waals surface area contributed by atoms with Crippen LogP contribution in [0.1, 0.15) is 51.4 Å². The Morgan fingerprint density at radius 3 is 2.58 bits per heavy atom. The highest BCUT2D eigenvalue weighted by Gasteiger charge is 2.61. The lowest BCUT2D eigenvalue weighted by Crippen LogP contribution is -2.49. The summed E-state index contributed by atoms with van der Waals surface area (Å²) in [7, 11) is 0. The number of rotatable bonds is 2. The fourth-order valence-corrected chi connectivity index (χ4v) is 5.36. The molecule has 1 amide bonds. The first-order valence-corrected chi connectivity index (χ1v) is 9.14. The first kappa shape index (κ1) is 12.5. The maximum absolute atomic E-state index is 12.8. The van der Waals surface area contributed by atoms with Crippen LogP contribution < -0.4 is 5.32 Å². The summed E-state index contributed by atoms with van der Waals surface area (Å²) in [6.07, 6.45) is 10.4. The van der Waals surface area contributed by atoms with Crippen LogP contribution >= 0.6 is 11.8 Å². The van der Waals surface area contributed by atoms with Crippen LogP contribution in [-0.4, -0.2) is 40.1 Å². The van der Waals surface area contributed by atoms with Crippen molar-refractivity contribution in [2.45, 2.75) is 69.1 Å². The normalized spacial score (nSPS) is 38.3. The molecule has 0 aromatic heterocycles. The number of nitrogens with zero attached hydrogens (tertiary/aromatic N) is 1. The molecule has 0 aromatic carbocycles. The zero-order chi connectivity index (χ0) is 12.9. The van der Waals surface area contributed by atoms with Crippen LogP contribution in [0.5, 0.6) is 0 Å². The van der Waals surface area contributed by atoms with Gasteiger partial charge in [0.2, 0.25) is 5.91 Å². The Labute approximate surface area is 119 Å². The molecule has 4 rings (SSSR count). The Hall–Kier alpha value is -0.220. The lowest BCUT2D eigenvalue weighted by Gasteiger charge is -2.37. The average Bonchev–Trinajstić information content (AvgIpc) is 2.92. The summed E-state index contributed by atoms with van der Waals surface area (Å²) in [5, 5.41) is 3.75. The van der Waals surface area contributed by atoms with Crippen molar-refractivity contribution in [3.63, 3.8) is 0 Å². The number of thioether (sulfide) groups is 1. The second kappa shape index (κ2) is 4.66. The summed E-state index contributed by atoms with van der Waals surface area (Å²) in [6.45, 7) is 0. The van der Waals surface area contributed by atoms with E-state index < -0.39 is 0 Å². The molecule has 2 heterocycles. The second-order valence-electron chi connectivity index (χ2n) is 6.80. The molecule has 2 atom stereocenters. The van der Waals surface area contributed by atoms with Gasteiger partial charge in [-0.2, -0.15) is 11.8 Å². The predicted molar refractivity (Wildman–Crippen MR) is 78.0 cm³/mol. The molecule has 1 spiro atoms. The first-order chi connectivity index (χ1) is 9.30. The van der Waals surface area contributed by atoms with E-state index in [1.807, 2.05) is 11.8 Å². The molecule has 2 aliphatic heterocycles. The zero-order valence-electron chi connectivity index (χ0n) is 11.6. The smallest absolute Gasteiger partial charge is 0.244 e. The third-order valence-electron chi connectivity index (χ3n) is 5.49. The molecule has 0 aromatic rings. The van der Waals surface area contributed by atoms with E-state index >= 15 is 0 Å². The lowest BCUT2D eigenvalue weighted by atomic mass is 10.0. The van der Waals surface area contributed by atoms with Crippen LogP contribution in [0.2, 0.25) is 0 Å². The standard InChI is InChI=1S/C15H24N2OS/c18-14-15(7-8-15)16-13(11-4-1-2-5-11)17(14)12-6-3-9-19-10-12/h11-13,16H,1-10H2. The summed E-state index contributed by atoms with van der Waals surface area (Å²) in [4.78, 5) is 15.1. The monoisotopic (exact) mass is 280 g/mol. The summed E-state index contributed by atoms with van der Waals surface area (Å²) in [5.41, 5.74) is -0.116. The van der Waals surface area contributed by atoms with E-state index in [4.69, 9.17) is 0 Å². The van der Waals surface area contributed by atoms with Crippen molar-refractivity contribution in [2.75, 3.05) is 11.5 Å². The van der Waals surface area contributed by atoms with Crippen molar-refractivity contribution < 1.29 is 4.79 Å². The molecule has 0 bridgehead atoms. The molecule has 2 aliphatic carbocycles. The van der Waals surface area contributed by atoms with Crippen molar-refractivity contribution in [3.8, 4) is 0 Å². The van der Waals surface area contributed by atoms with Crippen LogP contribution in [0.25, 0.3) is 0 Å². The molecular formula is C15H24N2OS. The van der Waals surface area contributed by atoms with Crippen molar-refractivity contribution in [1.29, 1.82) is 0 Å². The molecule has 0 radical (unpaired) electrons. The van der Waals surface area contributed by atoms with Gasteiger partial charge in [-0.1, -0.05) is 12.8 Å². The predicted octanol–water partition coefficient (Wildman–Crippen LogP) is 2.36. The van der Waals surface area contributed by atoms with E-state index in [0.29, 0.717) is 18.1 Å².